The summed E-state index contributed by atoms with van der Waals surface area (Å²) in [6, 6.07) is 19.8. The summed E-state index contributed by atoms with van der Waals surface area (Å²) in [5.41, 5.74) is 9.99. The molecule has 0 fully saturated rings. The second kappa shape index (κ2) is 6.36. The summed E-state index contributed by atoms with van der Waals surface area (Å²) >= 11 is 3.50. The van der Waals surface area contributed by atoms with Crippen LogP contribution < -0.4 is 10.5 Å². The average molecular weight is 407 g/mol. The lowest BCUT2D eigenvalue weighted by Gasteiger charge is -2.25. The molecular weight excluding hydrogens is 392 g/mol. The smallest absolute Gasteiger partial charge is 0.229 e. The van der Waals surface area contributed by atoms with Gasteiger partial charge in [0.25, 0.3) is 0 Å². The van der Waals surface area contributed by atoms with Crippen molar-refractivity contribution in [3.8, 4) is 17.6 Å². The second-order valence-electron chi connectivity index (χ2n) is 6.03. The van der Waals surface area contributed by atoms with E-state index in [1.807, 2.05) is 61.5 Å². The standard InChI is InChI=1S/C20H15BrN4O/c1-12-17-18(13-6-5-7-14(21)10-13)16(11-22)19(23)26-20(17)25(24-12)15-8-3-2-4-9-15/h2-10,18H,23H2,1H3/t18-/m0/s1. The zero-order valence-electron chi connectivity index (χ0n) is 14.0. The van der Waals surface area contributed by atoms with Gasteiger partial charge in [0.15, 0.2) is 0 Å². The van der Waals surface area contributed by atoms with E-state index in [2.05, 4.69) is 27.1 Å². The van der Waals surface area contributed by atoms with Gasteiger partial charge in [-0.15, -0.1) is 0 Å². The largest absolute Gasteiger partial charge is 0.422 e. The van der Waals surface area contributed by atoms with E-state index in [1.54, 1.807) is 4.68 Å². The molecule has 5 nitrogen and oxygen atoms in total. The highest BCUT2D eigenvalue weighted by Gasteiger charge is 2.36. The summed E-state index contributed by atoms with van der Waals surface area (Å²) in [6.07, 6.45) is 0. The van der Waals surface area contributed by atoms with Crippen LogP contribution in [0.15, 0.2) is 70.5 Å². The van der Waals surface area contributed by atoms with Gasteiger partial charge >= 0.3 is 0 Å². The first-order valence-corrected chi connectivity index (χ1v) is 8.87. The highest BCUT2D eigenvalue weighted by molar-refractivity contribution is 9.10. The Kier molecular flexibility index (Phi) is 4.02. The summed E-state index contributed by atoms with van der Waals surface area (Å²) in [7, 11) is 0. The maximum absolute atomic E-state index is 9.70. The molecule has 2 aromatic carbocycles. The van der Waals surface area contributed by atoms with Crippen LogP contribution in [0, 0.1) is 18.3 Å². The van der Waals surface area contributed by atoms with Crippen molar-refractivity contribution < 1.29 is 4.74 Å². The number of halogens is 1. The van der Waals surface area contributed by atoms with Gasteiger partial charge < -0.3 is 10.5 Å². The zero-order chi connectivity index (χ0) is 18.3. The van der Waals surface area contributed by atoms with Gasteiger partial charge in [-0.05, 0) is 36.8 Å². The molecule has 0 amide bonds. The lowest BCUT2D eigenvalue weighted by molar-refractivity contribution is 0.367. The number of ether oxygens (including phenoxy) is 1. The lowest BCUT2D eigenvalue weighted by atomic mass is 9.84. The minimum absolute atomic E-state index is 0.113. The highest BCUT2D eigenvalue weighted by Crippen LogP contribution is 2.44. The van der Waals surface area contributed by atoms with Crippen LogP contribution in [0.5, 0.6) is 5.88 Å². The fraction of sp³-hybridized carbons (Fsp3) is 0.100. The quantitative estimate of drug-likeness (QED) is 0.692. The Labute approximate surface area is 159 Å². The number of aromatic nitrogens is 2. The van der Waals surface area contributed by atoms with Crippen molar-refractivity contribution in [3.63, 3.8) is 0 Å². The van der Waals surface area contributed by atoms with Crippen LogP contribution in [-0.2, 0) is 0 Å². The second-order valence-corrected chi connectivity index (χ2v) is 6.95. The van der Waals surface area contributed by atoms with E-state index >= 15 is 0 Å². The number of allylic oxidation sites excluding steroid dienone is 1. The van der Waals surface area contributed by atoms with Crippen molar-refractivity contribution >= 4 is 15.9 Å². The Hall–Kier alpha value is -3.04. The number of benzene rings is 2. The molecule has 1 atom stereocenters. The van der Waals surface area contributed by atoms with Crippen molar-refractivity contribution in [2.24, 2.45) is 5.73 Å². The van der Waals surface area contributed by atoms with E-state index in [0.717, 1.165) is 27.0 Å². The maximum atomic E-state index is 9.70. The van der Waals surface area contributed by atoms with Crippen LogP contribution in [-0.4, -0.2) is 9.78 Å². The van der Waals surface area contributed by atoms with Crippen LogP contribution in [0.4, 0.5) is 0 Å². The van der Waals surface area contributed by atoms with Crippen molar-refractivity contribution in [1.29, 1.82) is 5.26 Å². The molecule has 1 aliphatic rings. The molecule has 4 rings (SSSR count). The molecule has 0 radical (unpaired) electrons. The molecule has 2 N–H and O–H groups in total. The summed E-state index contributed by atoms with van der Waals surface area (Å²) in [5, 5.41) is 14.3. The van der Waals surface area contributed by atoms with Crippen LogP contribution >= 0.6 is 15.9 Å². The first-order chi connectivity index (χ1) is 12.6. The fourth-order valence-corrected chi connectivity index (χ4v) is 3.69. The first kappa shape index (κ1) is 16.4. The number of rotatable bonds is 2. The number of para-hydroxylation sites is 1. The van der Waals surface area contributed by atoms with Crippen LogP contribution in [0.25, 0.3) is 5.69 Å². The van der Waals surface area contributed by atoms with Gasteiger partial charge in [0.2, 0.25) is 11.8 Å². The Bertz CT molecular complexity index is 1060. The third kappa shape index (κ3) is 2.57. The number of nitrogens with zero attached hydrogens (tertiary/aromatic N) is 3. The summed E-state index contributed by atoms with van der Waals surface area (Å²) in [5.74, 6) is 0.343. The minimum atomic E-state index is -0.321. The summed E-state index contributed by atoms with van der Waals surface area (Å²) in [6.45, 7) is 1.92. The summed E-state index contributed by atoms with van der Waals surface area (Å²) in [4.78, 5) is 0. The Morgan fingerprint density at radius 3 is 2.65 bits per heavy atom. The van der Waals surface area contributed by atoms with Crippen molar-refractivity contribution in [1.82, 2.24) is 9.78 Å². The molecule has 26 heavy (non-hydrogen) atoms. The molecule has 3 aromatic rings. The first-order valence-electron chi connectivity index (χ1n) is 8.08. The number of fused-ring (bicyclic) bond motifs is 1. The molecule has 2 heterocycles. The Morgan fingerprint density at radius 1 is 1.19 bits per heavy atom. The van der Waals surface area contributed by atoms with Gasteiger partial charge in [0.1, 0.15) is 11.6 Å². The number of aryl methyl sites for hydroxylation is 1. The van der Waals surface area contributed by atoms with Gasteiger partial charge in [-0.3, -0.25) is 0 Å². The molecule has 128 valence electrons. The molecule has 0 saturated heterocycles. The number of hydrogen-bond acceptors (Lipinski definition) is 4. The Balaban J connectivity index is 1.97. The molecule has 0 bridgehead atoms. The molecule has 1 aromatic heterocycles. The molecule has 0 saturated carbocycles. The zero-order valence-corrected chi connectivity index (χ0v) is 15.6. The highest BCUT2D eigenvalue weighted by atomic mass is 79.9. The number of hydrogen-bond donors (Lipinski definition) is 1. The summed E-state index contributed by atoms with van der Waals surface area (Å²) < 4.78 is 8.52. The third-order valence-electron chi connectivity index (χ3n) is 4.42. The van der Waals surface area contributed by atoms with Gasteiger partial charge in [-0.25, -0.2) is 4.68 Å². The number of nitriles is 1. The van der Waals surface area contributed by atoms with E-state index < -0.39 is 0 Å². The van der Waals surface area contributed by atoms with E-state index in [9.17, 15) is 5.26 Å². The van der Waals surface area contributed by atoms with E-state index in [-0.39, 0.29) is 11.8 Å². The molecule has 0 unspecified atom stereocenters. The predicted molar refractivity (Wildman–Crippen MR) is 102 cm³/mol. The maximum Gasteiger partial charge on any atom is 0.229 e. The van der Waals surface area contributed by atoms with E-state index in [4.69, 9.17) is 10.5 Å². The normalized spacial score (nSPS) is 16.0. The van der Waals surface area contributed by atoms with Gasteiger partial charge in [-0.1, -0.05) is 46.3 Å². The van der Waals surface area contributed by atoms with Crippen LogP contribution in [0.2, 0.25) is 0 Å². The molecule has 0 spiro atoms. The van der Waals surface area contributed by atoms with Gasteiger partial charge in [-0.2, -0.15) is 10.4 Å². The minimum Gasteiger partial charge on any atom is -0.422 e. The number of nitrogens with two attached hydrogens (primary N) is 1. The predicted octanol–water partition coefficient (Wildman–Crippen LogP) is 4.16. The fourth-order valence-electron chi connectivity index (χ4n) is 3.28. The van der Waals surface area contributed by atoms with E-state index in [1.165, 1.54) is 0 Å². The molecular formula is C20H15BrN4O. The van der Waals surface area contributed by atoms with Crippen LogP contribution in [0.1, 0.15) is 22.7 Å². The molecule has 0 aliphatic carbocycles. The third-order valence-corrected chi connectivity index (χ3v) is 4.91. The van der Waals surface area contributed by atoms with Crippen molar-refractivity contribution in [3.05, 3.63) is 87.3 Å². The Morgan fingerprint density at radius 2 is 1.96 bits per heavy atom. The van der Waals surface area contributed by atoms with Gasteiger partial charge in [0, 0.05) is 4.47 Å². The lowest BCUT2D eigenvalue weighted by Crippen LogP contribution is -2.22. The monoisotopic (exact) mass is 406 g/mol. The topological polar surface area (TPSA) is 76.9 Å². The molecule has 6 heteroatoms. The van der Waals surface area contributed by atoms with E-state index in [0.29, 0.717) is 11.5 Å². The van der Waals surface area contributed by atoms with Crippen LogP contribution in [0.3, 0.4) is 0 Å². The van der Waals surface area contributed by atoms with Crippen molar-refractivity contribution in [2.75, 3.05) is 0 Å². The van der Waals surface area contributed by atoms with Crippen molar-refractivity contribution in [2.45, 2.75) is 12.8 Å². The SMILES string of the molecule is Cc1nn(-c2ccccc2)c2c1[C@@H](c1cccc(Br)c1)C(C#N)=C(N)O2. The van der Waals surface area contributed by atoms with Gasteiger partial charge in [0.05, 0.1) is 22.9 Å². The molecule has 1 aliphatic heterocycles. The average Bonchev–Trinajstić information content (AvgIpc) is 2.97.